The van der Waals surface area contributed by atoms with Crippen molar-refractivity contribution in [2.75, 3.05) is 13.3 Å². The molecule has 8 heteroatoms. The number of hydrogen-bond donors (Lipinski definition) is 3. The van der Waals surface area contributed by atoms with E-state index < -0.39 is 15.9 Å². The number of aromatic hydroxyl groups is 1. The topological polar surface area (TPSA) is 104 Å². The molecule has 0 unspecified atom stereocenters. The summed E-state index contributed by atoms with van der Waals surface area (Å²) in [6.45, 7) is 0. The number of rotatable bonds is 1. The molecule has 0 fully saturated rings. The molecule has 0 spiro atoms. The molecule has 0 aromatic heterocycles. The Hall–Kier alpha value is -1.47. The summed E-state index contributed by atoms with van der Waals surface area (Å²) in [5, 5.41) is 18.6. The van der Waals surface area contributed by atoms with E-state index in [1.165, 1.54) is 25.2 Å². The van der Waals surface area contributed by atoms with Crippen LogP contribution >= 0.6 is 11.6 Å². The van der Waals surface area contributed by atoms with E-state index in [1.807, 2.05) is 5.32 Å². The van der Waals surface area contributed by atoms with Crippen molar-refractivity contribution in [2.24, 2.45) is 0 Å². The van der Waals surface area contributed by atoms with Gasteiger partial charge in [-0.2, -0.15) is 0 Å². The highest BCUT2D eigenvalue weighted by Gasteiger charge is 2.08. The fraction of sp³-hybridized carbons (Fsp3) is 0.222. The Morgan fingerprint density at radius 1 is 1.41 bits per heavy atom. The van der Waals surface area contributed by atoms with Crippen molar-refractivity contribution in [2.45, 2.75) is 4.90 Å². The second-order valence-corrected chi connectivity index (χ2v) is 5.36. The molecule has 1 amide bonds. The molecule has 0 aliphatic carbocycles. The second kappa shape index (κ2) is 6.31. The molecule has 6 nitrogen and oxygen atoms in total. The summed E-state index contributed by atoms with van der Waals surface area (Å²) in [6, 6.07) is 3.77. The summed E-state index contributed by atoms with van der Waals surface area (Å²) in [5.41, 5.74) is 0. The van der Waals surface area contributed by atoms with Crippen LogP contribution < -0.4 is 5.32 Å². The minimum Gasteiger partial charge on any atom is -0.506 e. The number of amides is 1. The third kappa shape index (κ3) is 5.98. The lowest BCUT2D eigenvalue weighted by molar-refractivity contribution is 0.197. The van der Waals surface area contributed by atoms with Crippen LogP contribution in [0.4, 0.5) is 4.79 Å². The van der Waals surface area contributed by atoms with E-state index in [1.54, 1.807) is 0 Å². The van der Waals surface area contributed by atoms with Crippen LogP contribution in [0.2, 0.25) is 5.02 Å². The zero-order valence-electron chi connectivity index (χ0n) is 9.14. The molecule has 3 N–H and O–H groups in total. The average Bonchev–Trinajstić information content (AvgIpc) is 2.21. The summed E-state index contributed by atoms with van der Waals surface area (Å²) in [5.74, 6) is -0.121. The predicted molar refractivity (Wildman–Crippen MR) is 63.3 cm³/mol. The highest BCUT2D eigenvalue weighted by Crippen LogP contribution is 2.25. The number of benzene rings is 1. The first kappa shape index (κ1) is 15.5. The first-order chi connectivity index (χ1) is 7.68. The van der Waals surface area contributed by atoms with Gasteiger partial charge in [0.15, 0.2) is 9.84 Å². The number of sulfone groups is 1. The van der Waals surface area contributed by atoms with Crippen LogP contribution in [-0.2, 0) is 9.84 Å². The monoisotopic (exact) mass is 281 g/mol. The van der Waals surface area contributed by atoms with Gasteiger partial charge >= 0.3 is 6.09 Å². The smallest absolute Gasteiger partial charge is 0.404 e. The molecule has 1 aromatic rings. The molecule has 17 heavy (non-hydrogen) atoms. The van der Waals surface area contributed by atoms with Crippen LogP contribution in [0.15, 0.2) is 23.1 Å². The van der Waals surface area contributed by atoms with Crippen molar-refractivity contribution >= 4 is 27.5 Å². The lowest BCUT2D eigenvalue weighted by Crippen LogP contribution is -2.13. The summed E-state index contributed by atoms with van der Waals surface area (Å²) in [6.07, 6.45) is 0.0837. The predicted octanol–water partition coefficient (Wildman–Crippen LogP) is 1.33. The summed E-state index contributed by atoms with van der Waals surface area (Å²) in [7, 11) is -1.89. The van der Waals surface area contributed by atoms with E-state index in [9.17, 15) is 13.2 Å². The minimum absolute atomic E-state index is 0.0397. The number of nitrogens with one attached hydrogen (secondary N) is 1. The first-order valence-electron chi connectivity index (χ1n) is 4.27. The molecule has 0 atom stereocenters. The van der Waals surface area contributed by atoms with Crippen LogP contribution in [-0.4, -0.2) is 38.0 Å². The van der Waals surface area contributed by atoms with Crippen molar-refractivity contribution in [1.29, 1.82) is 0 Å². The molecule has 0 aliphatic heterocycles. The highest BCUT2D eigenvalue weighted by atomic mass is 35.5. The van der Waals surface area contributed by atoms with E-state index >= 15 is 0 Å². The molecular weight excluding hydrogens is 270 g/mol. The van der Waals surface area contributed by atoms with Gasteiger partial charge in [0.2, 0.25) is 0 Å². The number of hydrogen-bond acceptors (Lipinski definition) is 4. The van der Waals surface area contributed by atoms with E-state index in [-0.39, 0.29) is 15.7 Å². The Balaban J connectivity index is 0.000000437. The Morgan fingerprint density at radius 2 is 1.88 bits per heavy atom. The normalized spacial score (nSPS) is 10.1. The lowest BCUT2D eigenvalue weighted by Gasteiger charge is -1.99. The largest absolute Gasteiger partial charge is 0.506 e. The van der Waals surface area contributed by atoms with Gasteiger partial charge in [0.25, 0.3) is 0 Å². The minimum atomic E-state index is -3.24. The molecular formula is C9H12ClNO5S. The van der Waals surface area contributed by atoms with Gasteiger partial charge in [-0.05, 0) is 18.2 Å². The van der Waals surface area contributed by atoms with Gasteiger partial charge in [-0.25, -0.2) is 13.2 Å². The Bertz CT molecular complexity index is 500. The van der Waals surface area contributed by atoms with Crippen molar-refractivity contribution in [1.82, 2.24) is 5.32 Å². The Morgan fingerprint density at radius 3 is 2.18 bits per heavy atom. The molecule has 0 radical (unpaired) electrons. The maximum Gasteiger partial charge on any atom is 0.404 e. The van der Waals surface area contributed by atoms with Gasteiger partial charge in [-0.1, -0.05) is 11.6 Å². The van der Waals surface area contributed by atoms with Crippen molar-refractivity contribution in [3.63, 3.8) is 0 Å². The molecule has 0 aliphatic rings. The highest BCUT2D eigenvalue weighted by molar-refractivity contribution is 7.90. The molecule has 0 heterocycles. The van der Waals surface area contributed by atoms with Gasteiger partial charge in [0.05, 0.1) is 9.92 Å². The molecule has 0 saturated carbocycles. The van der Waals surface area contributed by atoms with Gasteiger partial charge in [-0.3, -0.25) is 0 Å². The second-order valence-electron chi connectivity index (χ2n) is 2.94. The fourth-order valence-corrected chi connectivity index (χ4v) is 1.61. The van der Waals surface area contributed by atoms with Crippen LogP contribution in [0.1, 0.15) is 0 Å². The van der Waals surface area contributed by atoms with Gasteiger partial charge < -0.3 is 15.5 Å². The molecule has 1 rings (SSSR count). The van der Waals surface area contributed by atoms with Gasteiger partial charge in [0.1, 0.15) is 5.75 Å². The summed E-state index contributed by atoms with van der Waals surface area (Å²) in [4.78, 5) is 9.36. The van der Waals surface area contributed by atoms with E-state index in [0.29, 0.717) is 0 Å². The number of carbonyl (C=O) groups is 1. The van der Waals surface area contributed by atoms with Crippen LogP contribution in [0, 0.1) is 0 Å². The molecule has 96 valence electrons. The summed E-state index contributed by atoms with van der Waals surface area (Å²) >= 11 is 5.51. The first-order valence-corrected chi connectivity index (χ1v) is 6.54. The standard InChI is InChI=1S/C7H7ClO3S.C2H5NO2/c1-12(10,11)5-2-3-7(9)6(8)4-5;1-3-2(4)5/h2-4,9H,1H3;3H,1H3,(H,4,5). The fourth-order valence-electron chi connectivity index (χ4n) is 0.718. The number of phenols is 1. The molecule has 1 aromatic carbocycles. The maximum absolute atomic E-state index is 11.0. The van der Waals surface area contributed by atoms with Crippen LogP contribution in [0.3, 0.4) is 0 Å². The summed E-state index contributed by atoms with van der Waals surface area (Å²) < 4.78 is 21.9. The van der Waals surface area contributed by atoms with Crippen molar-refractivity contribution in [3.8, 4) is 5.75 Å². The van der Waals surface area contributed by atoms with Crippen LogP contribution in [0.5, 0.6) is 5.75 Å². The number of carboxylic acid groups (broad SMARTS) is 1. The Labute approximate surface area is 104 Å². The van der Waals surface area contributed by atoms with E-state index in [0.717, 1.165) is 6.26 Å². The average molecular weight is 282 g/mol. The zero-order chi connectivity index (χ0) is 13.6. The van der Waals surface area contributed by atoms with Crippen molar-refractivity contribution < 1.29 is 23.4 Å². The van der Waals surface area contributed by atoms with E-state index in [2.05, 4.69) is 0 Å². The van der Waals surface area contributed by atoms with Crippen molar-refractivity contribution in [3.05, 3.63) is 23.2 Å². The van der Waals surface area contributed by atoms with Crippen LogP contribution in [0.25, 0.3) is 0 Å². The number of phenolic OH excluding ortho intramolecular Hbond substituents is 1. The zero-order valence-corrected chi connectivity index (χ0v) is 10.7. The lowest BCUT2D eigenvalue weighted by atomic mass is 10.3. The number of halogens is 1. The maximum atomic E-state index is 11.0. The molecule has 0 bridgehead atoms. The van der Waals surface area contributed by atoms with E-state index in [4.69, 9.17) is 21.8 Å². The van der Waals surface area contributed by atoms with Gasteiger partial charge in [0, 0.05) is 13.3 Å². The molecule has 0 saturated heterocycles. The third-order valence-electron chi connectivity index (χ3n) is 1.56. The quantitative estimate of drug-likeness (QED) is 0.720. The SMILES string of the molecule is CNC(=O)O.CS(=O)(=O)c1ccc(O)c(Cl)c1. The third-order valence-corrected chi connectivity index (χ3v) is 2.97. The van der Waals surface area contributed by atoms with Gasteiger partial charge in [-0.15, -0.1) is 0 Å². The Kier molecular flexibility index (Phi) is 5.77.